The Morgan fingerprint density at radius 1 is 1.26 bits per heavy atom. The maximum Gasteiger partial charge on any atom is 0.148 e. The zero-order chi connectivity index (χ0) is 13.4. The summed E-state index contributed by atoms with van der Waals surface area (Å²) in [5, 5.41) is 13.3. The number of aliphatic hydroxyl groups excluding tert-OH is 1. The van der Waals surface area contributed by atoms with E-state index >= 15 is 0 Å². The van der Waals surface area contributed by atoms with Crippen LogP contribution >= 0.6 is 43.2 Å². The molecule has 2 nitrogen and oxygen atoms in total. The average molecular weight is 402 g/mol. The van der Waals surface area contributed by atoms with E-state index in [1.807, 2.05) is 35.7 Å². The van der Waals surface area contributed by atoms with E-state index in [-0.39, 0.29) is 0 Å². The van der Waals surface area contributed by atoms with E-state index in [1.165, 1.54) is 0 Å². The standard InChI is InChI=1S/C14H10Br2O2S/c15-9-5-10(19-7-9)6-12(17)13-4-8-2-1-3-11(16)14(8)18-13/h1-5,7,12,17H,6H2. The first-order chi connectivity index (χ1) is 9.13. The molecule has 1 atom stereocenters. The van der Waals surface area contributed by atoms with Crippen LogP contribution in [0, 0.1) is 0 Å². The quantitative estimate of drug-likeness (QED) is 0.646. The Hall–Kier alpha value is -0.620. The van der Waals surface area contributed by atoms with Crippen LogP contribution in [0.15, 0.2) is 49.1 Å². The Kier molecular flexibility index (Phi) is 3.80. The van der Waals surface area contributed by atoms with E-state index in [9.17, 15) is 5.11 Å². The van der Waals surface area contributed by atoms with Crippen molar-refractivity contribution in [1.82, 2.24) is 0 Å². The second-order valence-corrected chi connectivity index (χ2v) is 7.02. The van der Waals surface area contributed by atoms with Gasteiger partial charge >= 0.3 is 0 Å². The second kappa shape index (κ2) is 5.40. The first-order valence-corrected chi connectivity index (χ1v) is 8.19. The number of para-hydroxylation sites is 1. The van der Waals surface area contributed by atoms with Gasteiger partial charge in [-0.2, -0.15) is 0 Å². The molecule has 2 aromatic heterocycles. The Balaban J connectivity index is 1.89. The molecule has 0 fully saturated rings. The van der Waals surface area contributed by atoms with Crippen molar-refractivity contribution in [3.8, 4) is 0 Å². The molecule has 0 aliphatic rings. The number of furan rings is 1. The number of aliphatic hydroxyl groups is 1. The van der Waals surface area contributed by atoms with Crippen LogP contribution in [-0.4, -0.2) is 5.11 Å². The average Bonchev–Trinajstić information content (AvgIpc) is 2.96. The first kappa shape index (κ1) is 13.4. The summed E-state index contributed by atoms with van der Waals surface area (Å²) in [4.78, 5) is 1.12. The topological polar surface area (TPSA) is 33.4 Å². The lowest BCUT2D eigenvalue weighted by Gasteiger charge is -2.05. The number of rotatable bonds is 3. The van der Waals surface area contributed by atoms with Crippen molar-refractivity contribution in [2.75, 3.05) is 0 Å². The summed E-state index contributed by atoms with van der Waals surface area (Å²) in [6, 6.07) is 9.77. The van der Waals surface area contributed by atoms with Gasteiger partial charge in [0.05, 0.1) is 4.47 Å². The highest BCUT2D eigenvalue weighted by atomic mass is 79.9. The van der Waals surface area contributed by atoms with Crippen molar-refractivity contribution >= 4 is 54.2 Å². The van der Waals surface area contributed by atoms with Crippen molar-refractivity contribution in [2.45, 2.75) is 12.5 Å². The van der Waals surface area contributed by atoms with Gasteiger partial charge in [0, 0.05) is 26.5 Å². The Morgan fingerprint density at radius 2 is 2.11 bits per heavy atom. The number of thiophene rings is 1. The van der Waals surface area contributed by atoms with Crippen LogP contribution in [0.3, 0.4) is 0 Å². The third-order valence-corrected chi connectivity index (χ3v) is 5.20. The molecule has 19 heavy (non-hydrogen) atoms. The van der Waals surface area contributed by atoms with Crippen molar-refractivity contribution in [3.05, 3.63) is 55.3 Å². The predicted octanol–water partition coefficient (Wildman–Crippen LogP) is 5.30. The lowest BCUT2D eigenvalue weighted by Crippen LogP contribution is -1.98. The summed E-state index contributed by atoms with van der Waals surface area (Å²) in [7, 11) is 0. The van der Waals surface area contributed by atoms with Crippen LogP contribution < -0.4 is 0 Å². The van der Waals surface area contributed by atoms with E-state index in [2.05, 4.69) is 31.9 Å². The highest BCUT2D eigenvalue weighted by molar-refractivity contribution is 9.11. The van der Waals surface area contributed by atoms with Crippen molar-refractivity contribution < 1.29 is 9.52 Å². The number of hydrogen-bond donors (Lipinski definition) is 1. The summed E-state index contributed by atoms with van der Waals surface area (Å²) in [6.07, 6.45) is -0.0573. The van der Waals surface area contributed by atoms with E-state index in [0.29, 0.717) is 12.2 Å². The highest BCUT2D eigenvalue weighted by Crippen LogP contribution is 2.32. The van der Waals surface area contributed by atoms with E-state index < -0.39 is 6.10 Å². The molecule has 0 saturated carbocycles. The molecule has 0 radical (unpaired) electrons. The first-order valence-electron chi connectivity index (χ1n) is 5.72. The molecule has 98 valence electrons. The molecule has 0 aliphatic carbocycles. The predicted molar refractivity (Wildman–Crippen MR) is 84.6 cm³/mol. The maximum absolute atomic E-state index is 10.3. The second-order valence-electron chi connectivity index (χ2n) is 4.26. The van der Waals surface area contributed by atoms with Crippen LogP contribution in [0.5, 0.6) is 0 Å². The van der Waals surface area contributed by atoms with Gasteiger partial charge in [0.1, 0.15) is 17.4 Å². The lowest BCUT2D eigenvalue weighted by molar-refractivity contribution is 0.153. The molecule has 1 aromatic carbocycles. The Labute approximate surface area is 131 Å². The minimum Gasteiger partial charge on any atom is -0.457 e. The van der Waals surface area contributed by atoms with Crippen LogP contribution in [0.1, 0.15) is 16.7 Å². The minimum absolute atomic E-state index is 0.563. The van der Waals surface area contributed by atoms with Gasteiger partial charge in [0.2, 0.25) is 0 Å². The van der Waals surface area contributed by atoms with Gasteiger partial charge in [-0.1, -0.05) is 12.1 Å². The van der Waals surface area contributed by atoms with Crippen LogP contribution in [-0.2, 0) is 6.42 Å². The zero-order valence-electron chi connectivity index (χ0n) is 9.77. The summed E-state index contributed by atoms with van der Waals surface area (Å²) >= 11 is 8.49. The number of benzene rings is 1. The van der Waals surface area contributed by atoms with E-state index in [4.69, 9.17) is 4.42 Å². The van der Waals surface area contributed by atoms with Gasteiger partial charge in [-0.15, -0.1) is 11.3 Å². The molecule has 1 unspecified atom stereocenters. The van der Waals surface area contributed by atoms with Crippen molar-refractivity contribution in [2.24, 2.45) is 0 Å². The maximum atomic E-state index is 10.3. The molecule has 0 saturated heterocycles. The fraction of sp³-hybridized carbons (Fsp3) is 0.143. The van der Waals surface area contributed by atoms with Gasteiger partial charge in [-0.3, -0.25) is 0 Å². The molecule has 1 N–H and O–H groups in total. The van der Waals surface area contributed by atoms with Crippen molar-refractivity contribution in [3.63, 3.8) is 0 Å². The summed E-state index contributed by atoms with van der Waals surface area (Å²) in [5.74, 6) is 0.603. The smallest absolute Gasteiger partial charge is 0.148 e. The van der Waals surface area contributed by atoms with Crippen LogP contribution in [0.2, 0.25) is 0 Å². The Morgan fingerprint density at radius 3 is 2.79 bits per heavy atom. The van der Waals surface area contributed by atoms with Gasteiger partial charge < -0.3 is 9.52 Å². The van der Waals surface area contributed by atoms with Crippen LogP contribution in [0.4, 0.5) is 0 Å². The highest BCUT2D eigenvalue weighted by Gasteiger charge is 2.16. The SMILES string of the molecule is OC(Cc1cc(Br)cs1)c1cc2cccc(Br)c2o1. The third kappa shape index (κ3) is 2.79. The third-order valence-electron chi connectivity index (χ3n) is 2.86. The van der Waals surface area contributed by atoms with Gasteiger partial charge in [0.15, 0.2) is 0 Å². The normalized spacial score (nSPS) is 13.0. The minimum atomic E-state index is -0.621. The lowest BCUT2D eigenvalue weighted by atomic mass is 10.1. The van der Waals surface area contributed by atoms with Crippen LogP contribution in [0.25, 0.3) is 11.0 Å². The number of fused-ring (bicyclic) bond motifs is 1. The van der Waals surface area contributed by atoms with Gasteiger partial charge in [-0.25, -0.2) is 0 Å². The molecule has 0 amide bonds. The Bertz CT molecular complexity index is 717. The van der Waals surface area contributed by atoms with Gasteiger partial charge in [-0.05, 0) is 50.1 Å². The summed E-state index contributed by atoms with van der Waals surface area (Å²) in [5.41, 5.74) is 0.781. The summed E-state index contributed by atoms with van der Waals surface area (Å²) in [6.45, 7) is 0. The zero-order valence-corrected chi connectivity index (χ0v) is 13.8. The molecule has 3 aromatic rings. The fourth-order valence-corrected chi connectivity index (χ4v) is 3.92. The molecule has 5 heteroatoms. The monoisotopic (exact) mass is 400 g/mol. The molecule has 2 heterocycles. The molecular formula is C14H10Br2O2S. The number of hydrogen-bond acceptors (Lipinski definition) is 3. The number of halogens is 2. The molecule has 0 aliphatic heterocycles. The molecular weight excluding hydrogens is 392 g/mol. The van der Waals surface area contributed by atoms with Crippen molar-refractivity contribution in [1.29, 1.82) is 0 Å². The van der Waals surface area contributed by atoms with Gasteiger partial charge in [0.25, 0.3) is 0 Å². The molecule has 3 rings (SSSR count). The van der Waals surface area contributed by atoms with E-state index in [0.717, 1.165) is 24.8 Å². The largest absolute Gasteiger partial charge is 0.457 e. The molecule has 0 bridgehead atoms. The molecule has 0 spiro atoms. The summed E-state index contributed by atoms with van der Waals surface area (Å²) < 4.78 is 7.69. The fourth-order valence-electron chi connectivity index (χ4n) is 1.96. The van der Waals surface area contributed by atoms with E-state index in [1.54, 1.807) is 11.3 Å².